The Kier molecular flexibility index (Phi) is 9.17. The summed E-state index contributed by atoms with van der Waals surface area (Å²) in [7, 11) is 0. The Bertz CT molecular complexity index is 2450. The minimum absolute atomic E-state index is 0.204. The quantitative estimate of drug-likeness (QED) is 0.154. The molecule has 0 N–H and O–H groups in total. The largest absolute Gasteiger partial charge is 0.489 e. The number of thiophene rings is 1. The molecule has 0 saturated carbocycles. The van der Waals surface area contributed by atoms with Gasteiger partial charge in [0, 0.05) is 27.5 Å². The number of hydrogen-bond donors (Lipinski definition) is 0. The molecule has 0 bridgehead atoms. The third kappa shape index (κ3) is 6.25. The normalized spacial score (nSPS) is 14.2. The van der Waals surface area contributed by atoms with Gasteiger partial charge in [0.15, 0.2) is 4.80 Å². The molecule has 1 atom stereocenters. The Morgan fingerprint density at radius 1 is 1.00 bits per heavy atom. The van der Waals surface area contributed by atoms with E-state index in [0.29, 0.717) is 32.8 Å². The third-order valence-electron chi connectivity index (χ3n) is 8.53. The fraction of sp³-hybridized carbons (Fsp3) is 0.150. The second kappa shape index (κ2) is 14.0. The minimum Gasteiger partial charge on any atom is -0.489 e. The number of aryl methyl sites for hydroxylation is 1. The first-order chi connectivity index (χ1) is 24.4. The maximum absolute atomic E-state index is 14.3. The molecule has 3 aromatic carbocycles. The molecule has 4 heterocycles. The number of fused-ring (bicyclic) bond motifs is 1. The molecule has 3 aromatic heterocycles. The molecule has 0 radical (unpaired) electrons. The van der Waals surface area contributed by atoms with Crippen molar-refractivity contribution in [2.24, 2.45) is 4.99 Å². The number of nitriles is 1. The van der Waals surface area contributed by atoms with Crippen molar-refractivity contribution in [1.29, 1.82) is 5.26 Å². The highest BCUT2D eigenvalue weighted by atomic mass is 32.1. The van der Waals surface area contributed by atoms with Gasteiger partial charge in [0.25, 0.3) is 5.56 Å². The number of rotatable bonds is 9. The van der Waals surface area contributed by atoms with Gasteiger partial charge in [-0.05, 0) is 91.9 Å². The van der Waals surface area contributed by atoms with Crippen molar-refractivity contribution in [3.05, 3.63) is 166 Å². The van der Waals surface area contributed by atoms with Crippen molar-refractivity contribution in [2.75, 3.05) is 6.61 Å². The molecule has 248 valence electrons. The van der Waals surface area contributed by atoms with Crippen LogP contribution in [0.4, 0.5) is 0 Å². The molecule has 0 unspecified atom stereocenters. The first-order valence-electron chi connectivity index (χ1n) is 16.1. The summed E-state index contributed by atoms with van der Waals surface area (Å²) in [5, 5.41) is 11.0. The third-order valence-corrected chi connectivity index (χ3v) is 10.4. The highest BCUT2D eigenvalue weighted by Crippen LogP contribution is 2.37. The zero-order chi connectivity index (χ0) is 34.8. The lowest BCUT2D eigenvalue weighted by Gasteiger charge is -2.24. The van der Waals surface area contributed by atoms with Crippen molar-refractivity contribution in [3.63, 3.8) is 0 Å². The summed E-state index contributed by atoms with van der Waals surface area (Å²) in [5.41, 5.74) is 6.90. The standard InChI is InChI=1S/C40H32N4O4S2/c1-4-47-39(46)35-36(29-9-6-5-7-10-29)42-40-44(37(35)33-11-8-20-49-33)38(45)34(50-40)22-30-21-25(2)43(26(30)3)31-16-18-32(19-17-31)48-24-28-14-12-27(23-41)13-15-28/h5-22,37H,4,24H2,1-3H3/b34-22+/t37-/m1/s1. The van der Waals surface area contributed by atoms with E-state index in [2.05, 4.69) is 16.7 Å². The number of nitrogens with zero attached hydrogens (tertiary/aromatic N) is 4. The number of thiazole rings is 1. The molecule has 1 aliphatic heterocycles. The number of esters is 1. The first-order valence-corrected chi connectivity index (χ1v) is 17.8. The summed E-state index contributed by atoms with van der Waals surface area (Å²) in [6.45, 7) is 6.45. The molecule has 0 aliphatic carbocycles. The van der Waals surface area contributed by atoms with Crippen LogP contribution in [0.15, 0.2) is 118 Å². The maximum Gasteiger partial charge on any atom is 0.338 e. The highest BCUT2D eigenvalue weighted by Gasteiger charge is 2.35. The Morgan fingerprint density at radius 3 is 2.44 bits per heavy atom. The van der Waals surface area contributed by atoms with Gasteiger partial charge in [-0.25, -0.2) is 9.79 Å². The monoisotopic (exact) mass is 696 g/mol. The summed E-state index contributed by atoms with van der Waals surface area (Å²) < 4.78 is 15.8. The van der Waals surface area contributed by atoms with Gasteiger partial charge in [-0.3, -0.25) is 9.36 Å². The predicted molar refractivity (Wildman–Crippen MR) is 196 cm³/mol. The number of carbonyl (C=O) groups excluding carboxylic acids is 1. The lowest BCUT2D eigenvalue weighted by molar-refractivity contribution is -0.138. The van der Waals surface area contributed by atoms with Crippen LogP contribution in [0.25, 0.3) is 17.5 Å². The van der Waals surface area contributed by atoms with Crippen LogP contribution in [0.2, 0.25) is 0 Å². The number of aromatic nitrogens is 2. The van der Waals surface area contributed by atoms with E-state index in [4.69, 9.17) is 19.7 Å². The second-order valence-electron chi connectivity index (χ2n) is 11.7. The van der Waals surface area contributed by atoms with Crippen molar-refractivity contribution in [2.45, 2.75) is 33.4 Å². The molecule has 1 aliphatic rings. The Morgan fingerprint density at radius 2 is 1.76 bits per heavy atom. The topological polar surface area (TPSA) is 98.6 Å². The summed E-state index contributed by atoms with van der Waals surface area (Å²) >= 11 is 2.80. The van der Waals surface area contributed by atoms with Crippen molar-refractivity contribution >= 4 is 40.4 Å². The molecule has 10 heteroatoms. The molecule has 0 saturated heterocycles. The van der Waals surface area contributed by atoms with E-state index in [1.807, 2.05) is 104 Å². The van der Waals surface area contributed by atoms with Gasteiger partial charge in [-0.2, -0.15) is 5.26 Å². The summed E-state index contributed by atoms with van der Waals surface area (Å²) in [5.74, 6) is 0.247. The zero-order valence-corrected chi connectivity index (χ0v) is 29.3. The maximum atomic E-state index is 14.3. The van der Waals surface area contributed by atoms with Crippen LogP contribution >= 0.6 is 22.7 Å². The fourth-order valence-electron chi connectivity index (χ4n) is 6.16. The van der Waals surface area contributed by atoms with Gasteiger partial charge < -0.3 is 14.0 Å². The minimum atomic E-state index is -0.673. The Labute approximate surface area is 296 Å². The number of ether oxygens (including phenoxy) is 2. The van der Waals surface area contributed by atoms with Gasteiger partial charge in [0.2, 0.25) is 0 Å². The molecule has 0 spiro atoms. The van der Waals surface area contributed by atoms with E-state index in [1.54, 1.807) is 23.6 Å². The first kappa shape index (κ1) is 32.8. The summed E-state index contributed by atoms with van der Waals surface area (Å²) in [6.07, 6.45) is 1.92. The summed E-state index contributed by atoms with van der Waals surface area (Å²) in [6, 6.07) is 32.2. The van der Waals surface area contributed by atoms with E-state index < -0.39 is 12.0 Å². The second-order valence-corrected chi connectivity index (χ2v) is 13.7. The van der Waals surface area contributed by atoms with E-state index in [1.165, 1.54) is 22.7 Å². The lowest BCUT2D eigenvalue weighted by Crippen LogP contribution is -2.39. The van der Waals surface area contributed by atoms with Crippen LogP contribution < -0.4 is 19.6 Å². The molecule has 0 amide bonds. The lowest BCUT2D eigenvalue weighted by atomic mass is 9.97. The number of benzene rings is 3. The van der Waals surface area contributed by atoms with E-state index in [0.717, 1.165) is 44.4 Å². The van der Waals surface area contributed by atoms with Crippen LogP contribution in [0.1, 0.15) is 51.5 Å². The molecular weight excluding hydrogens is 665 g/mol. The average molecular weight is 697 g/mol. The molecule has 50 heavy (non-hydrogen) atoms. The fourth-order valence-corrected chi connectivity index (χ4v) is 7.98. The molecule has 8 nitrogen and oxygen atoms in total. The van der Waals surface area contributed by atoms with Gasteiger partial charge in [-0.1, -0.05) is 59.9 Å². The SMILES string of the molecule is CCOC(=O)C1=C(c2ccccc2)N=c2s/c(=C/c3cc(C)n(-c4ccc(OCc5ccc(C#N)cc5)cc4)c3C)c(=O)n2[C@@H]1c1cccs1. The summed E-state index contributed by atoms with van der Waals surface area (Å²) in [4.78, 5) is 34.2. The van der Waals surface area contributed by atoms with E-state index in [-0.39, 0.29) is 12.2 Å². The highest BCUT2D eigenvalue weighted by molar-refractivity contribution is 7.10. The molecule has 7 rings (SSSR count). The van der Waals surface area contributed by atoms with Crippen molar-refractivity contribution < 1.29 is 14.3 Å². The van der Waals surface area contributed by atoms with E-state index >= 15 is 0 Å². The van der Waals surface area contributed by atoms with Gasteiger partial charge in [-0.15, -0.1) is 11.3 Å². The van der Waals surface area contributed by atoms with E-state index in [9.17, 15) is 9.59 Å². The molecular formula is C40H32N4O4S2. The Balaban J connectivity index is 1.25. The number of carbonyl (C=O) groups is 1. The smallest absolute Gasteiger partial charge is 0.338 e. The van der Waals surface area contributed by atoms with Crippen LogP contribution in [0.3, 0.4) is 0 Å². The van der Waals surface area contributed by atoms with Crippen molar-refractivity contribution in [1.82, 2.24) is 9.13 Å². The van der Waals surface area contributed by atoms with Crippen LogP contribution in [0.5, 0.6) is 5.75 Å². The predicted octanol–water partition coefficient (Wildman–Crippen LogP) is 6.86. The van der Waals surface area contributed by atoms with Crippen LogP contribution in [-0.2, 0) is 16.1 Å². The van der Waals surface area contributed by atoms with Gasteiger partial charge in [0.1, 0.15) is 18.4 Å². The van der Waals surface area contributed by atoms with Crippen LogP contribution in [-0.4, -0.2) is 21.7 Å². The molecule has 0 fully saturated rings. The van der Waals surface area contributed by atoms with Gasteiger partial charge in [0.05, 0.1) is 34.0 Å². The van der Waals surface area contributed by atoms with Gasteiger partial charge >= 0.3 is 5.97 Å². The molecule has 6 aromatic rings. The van der Waals surface area contributed by atoms with Crippen molar-refractivity contribution in [3.8, 4) is 17.5 Å². The average Bonchev–Trinajstić information content (AvgIpc) is 3.86. The Hall–Kier alpha value is -5.76. The van der Waals surface area contributed by atoms with Crippen LogP contribution in [0, 0.1) is 25.2 Å². The zero-order valence-electron chi connectivity index (χ0n) is 27.6. The number of hydrogen-bond acceptors (Lipinski definition) is 8.